The SMILES string of the molecule is Cc1cccc(CNS(=O)(=O)c2ccc(CCO)cc2)n1. The number of pyridine rings is 1. The molecule has 0 saturated heterocycles. The normalized spacial score (nSPS) is 11.5. The first-order chi connectivity index (χ1) is 10.0. The minimum atomic E-state index is -3.56. The minimum Gasteiger partial charge on any atom is -0.396 e. The minimum absolute atomic E-state index is 0.0450. The summed E-state index contributed by atoms with van der Waals surface area (Å²) in [6.07, 6.45) is 0.515. The lowest BCUT2D eigenvalue weighted by Crippen LogP contribution is -2.23. The van der Waals surface area contributed by atoms with Gasteiger partial charge in [0.05, 0.1) is 17.1 Å². The van der Waals surface area contributed by atoms with Crippen LogP contribution in [0.5, 0.6) is 0 Å². The fourth-order valence-corrected chi connectivity index (χ4v) is 2.91. The molecule has 2 rings (SSSR count). The highest BCUT2D eigenvalue weighted by molar-refractivity contribution is 7.89. The third-order valence-electron chi connectivity index (χ3n) is 3.02. The molecule has 6 heteroatoms. The zero-order valence-corrected chi connectivity index (χ0v) is 12.6. The highest BCUT2D eigenvalue weighted by Gasteiger charge is 2.13. The number of hydrogen-bond acceptors (Lipinski definition) is 4. The number of aromatic nitrogens is 1. The Morgan fingerprint density at radius 2 is 1.86 bits per heavy atom. The number of nitrogens with one attached hydrogen (secondary N) is 1. The van der Waals surface area contributed by atoms with Crippen molar-refractivity contribution in [3.63, 3.8) is 0 Å². The molecular formula is C15H18N2O3S. The van der Waals surface area contributed by atoms with Crippen LogP contribution in [-0.2, 0) is 23.0 Å². The Hall–Kier alpha value is -1.76. The molecule has 2 N–H and O–H groups in total. The fourth-order valence-electron chi connectivity index (χ4n) is 1.91. The van der Waals surface area contributed by atoms with Crippen LogP contribution in [0.15, 0.2) is 47.4 Å². The monoisotopic (exact) mass is 306 g/mol. The van der Waals surface area contributed by atoms with Crippen LogP contribution < -0.4 is 4.72 Å². The van der Waals surface area contributed by atoms with E-state index in [9.17, 15) is 8.42 Å². The Bertz CT molecular complexity index is 697. The van der Waals surface area contributed by atoms with E-state index in [1.807, 2.05) is 19.1 Å². The van der Waals surface area contributed by atoms with E-state index in [0.29, 0.717) is 12.1 Å². The lowest BCUT2D eigenvalue weighted by Gasteiger charge is -2.07. The first-order valence-corrected chi connectivity index (χ1v) is 8.11. The van der Waals surface area contributed by atoms with Crippen molar-refractivity contribution in [1.82, 2.24) is 9.71 Å². The first-order valence-electron chi connectivity index (χ1n) is 6.63. The average molecular weight is 306 g/mol. The number of aliphatic hydroxyl groups is 1. The Morgan fingerprint density at radius 1 is 1.14 bits per heavy atom. The summed E-state index contributed by atoms with van der Waals surface area (Å²) < 4.78 is 26.9. The van der Waals surface area contributed by atoms with Gasteiger partial charge in [0.15, 0.2) is 0 Å². The van der Waals surface area contributed by atoms with E-state index in [1.54, 1.807) is 18.2 Å². The van der Waals surface area contributed by atoms with Gasteiger partial charge in [-0.05, 0) is 43.2 Å². The molecule has 0 atom stereocenters. The molecule has 112 valence electrons. The molecule has 5 nitrogen and oxygen atoms in total. The maximum absolute atomic E-state index is 12.2. The standard InChI is InChI=1S/C15H18N2O3S/c1-12-3-2-4-14(17-12)11-16-21(19,20)15-7-5-13(6-8-15)9-10-18/h2-8,16,18H,9-11H2,1H3. The average Bonchev–Trinajstić information content (AvgIpc) is 2.46. The van der Waals surface area contributed by atoms with E-state index in [2.05, 4.69) is 9.71 Å². The van der Waals surface area contributed by atoms with E-state index in [-0.39, 0.29) is 18.0 Å². The summed E-state index contributed by atoms with van der Waals surface area (Å²) in [6.45, 7) is 2.06. The largest absolute Gasteiger partial charge is 0.396 e. The van der Waals surface area contributed by atoms with Crippen molar-refractivity contribution in [1.29, 1.82) is 0 Å². The molecule has 0 aliphatic rings. The lowest BCUT2D eigenvalue weighted by atomic mass is 10.2. The summed E-state index contributed by atoms with van der Waals surface area (Å²) in [4.78, 5) is 4.46. The van der Waals surface area contributed by atoms with Gasteiger partial charge in [-0.3, -0.25) is 4.98 Å². The highest BCUT2D eigenvalue weighted by Crippen LogP contribution is 2.11. The molecule has 0 aliphatic heterocycles. The van der Waals surface area contributed by atoms with Crippen molar-refractivity contribution in [2.45, 2.75) is 24.8 Å². The van der Waals surface area contributed by atoms with Crippen LogP contribution in [0.2, 0.25) is 0 Å². The molecule has 0 amide bonds. The lowest BCUT2D eigenvalue weighted by molar-refractivity contribution is 0.299. The third kappa shape index (κ3) is 4.35. The van der Waals surface area contributed by atoms with Gasteiger partial charge in [0, 0.05) is 12.3 Å². The summed E-state index contributed by atoms with van der Waals surface area (Å²) >= 11 is 0. The highest BCUT2D eigenvalue weighted by atomic mass is 32.2. The number of rotatable bonds is 6. The van der Waals surface area contributed by atoms with Crippen LogP contribution in [0, 0.1) is 6.92 Å². The topological polar surface area (TPSA) is 79.3 Å². The maximum atomic E-state index is 12.2. The van der Waals surface area contributed by atoms with Gasteiger partial charge in [-0.1, -0.05) is 18.2 Å². The summed E-state index contributed by atoms with van der Waals surface area (Å²) in [5.74, 6) is 0. The Balaban J connectivity index is 2.07. The van der Waals surface area contributed by atoms with Crippen LogP contribution in [0.3, 0.4) is 0 Å². The van der Waals surface area contributed by atoms with Crippen molar-refractivity contribution in [3.8, 4) is 0 Å². The van der Waals surface area contributed by atoms with Crippen molar-refractivity contribution in [3.05, 3.63) is 59.4 Å². The van der Waals surface area contributed by atoms with Crippen molar-refractivity contribution in [2.24, 2.45) is 0 Å². The zero-order chi connectivity index (χ0) is 15.3. The predicted molar refractivity (Wildman–Crippen MR) is 80.2 cm³/mol. The Kier molecular flexibility index (Phi) is 5.06. The first kappa shape index (κ1) is 15.6. The molecule has 1 aromatic heterocycles. The number of aliphatic hydroxyl groups excluding tert-OH is 1. The smallest absolute Gasteiger partial charge is 0.240 e. The van der Waals surface area contributed by atoms with Crippen molar-refractivity contribution < 1.29 is 13.5 Å². The van der Waals surface area contributed by atoms with Gasteiger partial charge in [-0.25, -0.2) is 13.1 Å². The second kappa shape index (κ2) is 6.80. The molecule has 0 radical (unpaired) electrons. The second-order valence-electron chi connectivity index (χ2n) is 4.71. The molecule has 0 aliphatic carbocycles. The zero-order valence-electron chi connectivity index (χ0n) is 11.8. The predicted octanol–water partition coefficient (Wildman–Crippen LogP) is 1.40. The van der Waals surface area contributed by atoms with Crippen LogP contribution in [0.25, 0.3) is 0 Å². The molecule has 21 heavy (non-hydrogen) atoms. The van der Waals surface area contributed by atoms with Gasteiger partial charge in [0.2, 0.25) is 10.0 Å². The van der Waals surface area contributed by atoms with Crippen molar-refractivity contribution in [2.75, 3.05) is 6.61 Å². The second-order valence-corrected chi connectivity index (χ2v) is 6.48. The molecule has 0 fully saturated rings. The van der Waals surface area contributed by atoms with E-state index >= 15 is 0 Å². The van der Waals surface area contributed by atoms with Gasteiger partial charge >= 0.3 is 0 Å². The molecule has 0 bridgehead atoms. The van der Waals surface area contributed by atoms with E-state index in [4.69, 9.17) is 5.11 Å². The third-order valence-corrected chi connectivity index (χ3v) is 4.44. The molecule has 0 unspecified atom stereocenters. The summed E-state index contributed by atoms with van der Waals surface area (Å²) in [5, 5.41) is 8.84. The molecular weight excluding hydrogens is 288 g/mol. The number of sulfonamides is 1. The van der Waals surface area contributed by atoms with Crippen LogP contribution in [0.1, 0.15) is 17.0 Å². The van der Waals surface area contributed by atoms with Gasteiger partial charge < -0.3 is 5.11 Å². The number of hydrogen-bond donors (Lipinski definition) is 2. The van der Waals surface area contributed by atoms with Crippen molar-refractivity contribution >= 4 is 10.0 Å². The summed E-state index contributed by atoms with van der Waals surface area (Å²) in [7, 11) is -3.56. The van der Waals surface area contributed by atoms with Crippen LogP contribution in [0.4, 0.5) is 0 Å². The van der Waals surface area contributed by atoms with Gasteiger partial charge in [0.1, 0.15) is 0 Å². The Morgan fingerprint density at radius 3 is 2.48 bits per heavy atom. The van der Waals surface area contributed by atoms with Gasteiger partial charge in [0.25, 0.3) is 0 Å². The van der Waals surface area contributed by atoms with E-state index < -0.39 is 10.0 Å². The number of nitrogens with zero attached hydrogens (tertiary/aromatic N) is 1. The van der Waals surface area contributed by atoms with Crippen LogP contribution >= 0.6 is 0 Å². The van der Waals surface area contributed by atoms with Crippen LogP contribution in [-0.4, -0.2) is 25.1 Å². The molecule has 1 heterocycles. The van der Waals surface area contributed by atoms with Gasteiger partial charge in [-0.2, -0.15) is 0 Å². The van der Waals surface area contributed by atoms with E-state index in [0.717, 1.165) is 11.3 Å². The maximum Gasteiger partial charge on any atom is 0.240 e. The fraction of sp³-hybridized carbons (Fsp3) is 0.267. The number of benzene rings is 1. The molecule has 2 aromatic rings. The summed E-state index contributed by atoms with van der Waals surface area (Å²) in [5.41, 5.74) is 2.42. The molecule has 0 saturated carbocycles. The molecule has 1 aromatic carbocycles. The Labute approximate surface area is 124 Å². The number of aryl methyl sites for hydroxylation is 1. The van der Waals surface area contributed by atoms with Gasteiger partial charge in [-0.15, -0.1) is 0 Å². The summed E-state index contributed by atoms with van der Waals surface area (Å²) in [6, 6.07) is 12.0. The molecule has 0 spiro atoms. The van der Waals surface area contributed by atoms with E-state index in [1.165, 1.54) is 12.1 Å². The quantitative estimate of drug-likeness (QED) is 0.845.